The zero-order valence-corrected chi connectivity index (χ0v) is 14.3. The van der Waals surface area contributed by atoms with Crippen LogP contribution in [0.25, 0.3) is 0 Å². The Balaban J connectivity index is 1.71. The lowest BCUT2D eigenvalue weighted by molar-refractivity contribution is 0.0780. The van der Waals surface area contributed by atoms with E-state index >= 15 is 0 Å². The summed E-state index contributed by atoms with van der Waals surface area (Å²) in [4.78, 5) is 7.13. The number of piperidine rings is 1. The molecule has 1 aliphatic heterocycles. The van der Waals surface area contributed by atoms with Gasteiger partial charge < -0.3 is 4.52 Å². The Kier molecular flexibility index (Phi) is 4.12. The topological polar surface area (TPSA) is 42.2 Å². The van der Waals surface area contributed by atoms with E-state index in [4.69, 9.17) is 9.51 Å². The lowest BCUT2D eigenvalue weighted by Crippen LogP contribution is -2.43. The quantitative estimate of drug-likeness (QED) is 0.839. The second-order valence-electron chi connectivity index (χ2n) is 7.45. The van der Waals surface area contributed by atoms with Crippen LogP contribution < -0.4 is 0 Å². The molecular weight excluding hydrogens is 305 g/mol. The summed E-state index contributed by atoms with van der Waals surface area (Å²) in [7, 11) is 0. The number of hydrogen-bond acceptors (Lipinski definition) is 4. The number of aromatic nitrogens is 2. The molecular formula is C19H24FN3O. The zero-order valence-electron chi connectivity index (χ0n) is 14.3. The van der Waals surface area contributed by atoms with Gasteiger partial charge in [-0.15, -0.1) is 0 Å². The largest absolute Gasteiger partial charge is 0.337 e. The molecule has 0 radical (unpaired) electrons. The predicted molar refractivity (Wildman–Crippen MR) is 89.1 cm³/mol. The van der Waals surface area contributed by atoms with E-state index in [0.717, 1.165) is 37.2 Å². The monoisotopic (exact) mass is 329 g/mol. The van der Waals surface area contributed by atoms with Crippen molar-refractivity contribution in [3.05, 3.63) is 47.4 Å². The van der Waals surface area contributed by atoms with Gasteiger partial charge in [0, 0.05) is 18.5 Å². The molecule has 4 rings (SSSR count). The molecule has 1 unspecified atom stereocenters. The molecule has 128 valence electrons. The van der Waals surface area contributed by atoms with Crippen molar-refractivity contribution in [2.45, 2.75) is 57.5 Å². The molecule has 3 atom stereocenters. The Labute approximate surface area is 142 Å². The molecule has 2 aliphatic rings. The molecule has 1 aromatic heterocycles. The molecule has 0 spiro atoms. The highest BCUT2D eigenvalue weighted by molar-refractivity contribution is 5.25. The van der Waals surface area contributed by atoms with Crippen molar-refractivity contribution in [2.24, 2.45) is 5.92 Å². The van der Waals surface area contributed by atoms with Crippen LogP contribution >= 0.6 is 0 Å². The van der Waals surface area contributed by atoms with Gasteiger partial charge in [-0.3, -0.25) is 4.90 Å². The van der Waals surface area contributed by atoms with E-state index in [2.05, 4.69) is 23.9 Å². The van der Waals surface area contributed by atoms with Crippen molar-refractivity contribution in [3.63, 3.8) is 0 Å². The summed E-state index contributed by atoms with van der Waals surface area (Å²) < 4.78 is 19.0. The number of benzene rings is 1. The predicted octanol–water partition coefficient (Wildman–Crippen LogP) is 4.30. The van der Waals surface area contributed by atoms with Crippen LogP contribution in [-0.4, -0.2) is 27.6 Å². The van der Waals surface area contributed by atoms with Crippen LogP contribution in [0.1, 0.15) is 68.8 Å². The minimum absolute atomic E-state index is 0.0941. The van der Waals surface area contributed by atoms with Gasteiger partial charge in [-0.25, -0.2) is 4.39 Å². The van der Waals surface area contributed by atoms with Crippen molar-refractivity contribution >= 4 is 0 Å². The molecule has 1 aliphatic carbocycles. The summed E-state index contributed by atoms with van der Waals surface area (Å²) in [5.41, 5.74) is 1.02. The van der Waals surface area contributed by atoms with Gasteiger partial charge in [-0.1, -0.05) is 24.2 Å². The van der Waals surface area contributed by atoms with Crippen molar-refractivity contribution in [2.75, 3.05) is 6.54 Å². The highest BCUT2D eigenvalue weighted by atomic mass is 19.1. The Hall–Kier alpha value is -1.75. The summed E-state index contributed by atoms with van der Waals surface area (Å²) in [5.74, 6) is 2.35. The van der Waals surface area contributed by atoms with Crippen molar-refractivity contribution in [1.82, 2.24) is 15.0 Å². The average molecular weight is 329 g/mol. The summed E-state index contributed by atoms with van der Waals surface area (Å²) in [5, 5.41) is 4.19. The molecule has 2 fully saturated rings. The normalized spacial score (nSPS) is 26.5. The smallest absolute Gasteiger partial charge is 0.248 e. The molecule has 5 heteroatoms. The van der Waals surface area contributed by atoms with Gasteiger partial charge >= 0.3 is 0 Å². The third kappa shape index (κ3) is 3.09. The van der Waals surface area contributed by atoms with Crippen molar-refractivity contribution in [1.29, 1.82) is 0 Å². The minimum Gasteiger partial charge on any atom is -0.337 e. The van der Waals surface area contributed by atoms with Crippen molar-refractivity contribution < 1.29 is 8.91 Å². The number of likely N-dealkylation sites (tertiary alicyclic amines) is 1. The highest BCUT2D eigenvalue weighted by Crippen LogP contribution is 2.40. The average Bonchev–Trinajstić information content (AvgIpc) is 3.32. The molecule has 0 bridgehead atoms. The molecule has 2 aromatic rings. The van der Waals surface area contributed by atoms with E-state index < -0.39 is 0 Å². The van der Waals surface area contributed by atoms with Crippen LogP contribution in [0.3, 0.4) is 0 Å². The molecule has 2 heterocycles. The first-order chi connectivity index (χ1) is 11.6. The maximum Gasteiger partial charge on any atom is 0.248 e. The molecule has 1 saturated carbocycles. The Bertz CT molecular complexity index is 695. The Morgan fingerprint density at radius 3 is 2.58 bits per heavy atom. The molecule has 0 N–H and O–H groups in total. The van der Waals surface area contributed by atoms with Crippen LogP contribution in [0.5, 0.6) is 0 Å². The van der Waals surface area contributed by atoms with Crippen LogP contribution in [0.15, 0.2) is 28.8 Å². The van der Waals surface area contributed by atoms with Crippen LogP contribution in [0.2, 0.25) is 0 Å². The summed E-state index contributed by atoms with van der Waals surface area (Å²) in [6, 6.07) is 7.05. The van der Waals surface area contributed by atoms with Gasteiger partial charge in [0.2, 0.25) is 5.89 Å². The molecule has 0 amide bonds. The number of nitrogens with zero attached hydrogens (tertiary/aromatic N) is 3. The molecule has 4 nitrogen and oxygen atoms in total. The fourth-order valence-corrected chi connectivity index (χ4v) is 3.67. The van der Waals surface area contributed by atoms with E-state index in [0.29, 0.717) is 23.8 Å². The Morgan fingerprint density at radius 1 is 1.12 bits per heavy atom. The standard InChI is InChI=1S/C19H24FN3O/c1-12-3-4-13(2)23(11-12)17(14-7-9-16(20)10-8-14)19-21-18(22-24-19)15-5-6-15/h7-10,12-13,15,17H,3-6,11H2,1-2H3/t12-,13-,17?/m1/s1. The fourth-order valence-electron chi connectivity index (χ4n) is 3.67. The van der Waals surface area contributed by atoms with Crippen LogP contribution in [0, 0.1) is 11.7 Å². The van der Waals surface area contributed by atoms with E-state index in [-0.39, 0.29) is 11.9 Å². The maximum atomic E-state index is 13.4. The van der Waals surface area contributed by atoms with Crippen LogP contribution in [0.4, 0.5) is 4.39 Å². The zero-order chi connectivity index (χ0) is 16.7. The second kappa shape index (κ2) is 6.28. The number of hydrogen-bond donors (Lipinski definition) is 0. The van der Waals surface area contributed by atoms with Gasteiger partial charge in [-0.2, -0.15) is 4.98 Å². The number of halogens is 1. The molecule has 24 heavy (non-hydrogen) atoms. The fraction of sp³-hybridized carbons (Fsp3) is 0.579. The second-order valence-corrected chi connectivity index (χ2v) is 7.45. The van der Waals surface area contributed by atoms with Gasteiger partial charge in [0.25, 0.3) is 0 Å². The van der Waals surface area contributed by atoms with Crippen molar-refractivity contribution in [3.8, 4) is 0 Å². The summed E-state index contributed by atoms with van der Waals surface area (Å²) >= 11 is 0. The van der Waals surface area contributed by atoms with Gasteiger partial charge in [0.15, 0.2) is 5.82 Å². The number of rotatable bonds is 4. The molecule has 1 aromatic carbocycles. The van der Waals surface area contributed by atoms with E-state index in [1.807, 2.05) is 12.1 Å². The lowest BCUT2D eigenvalue weighted by Gasteiger charge is -2.40. The third-order valence-electron chi connectivity index (χ3n) is 5.32. The molecule has 1 saturated heterocycles. The SMILES string of the molecule is C[C@@H]1CC[C@@H](C)N(C(c2ccc(F)cc2)c2nc(C3CC3)no2)C1. The lowest BCUT2D eigenvalue weighted by atomic mass is 9.91. The maximum absolute atomic E-state index is 13.4. The van der Waals surface area contributed by atoms with Gasteiger partial charge in [0.1, 0.15) is 11.9 Å². The first-order valence-electron chi connectivity index (χ1n) is 8.96. The third-order valence-corrected chi connectivity index (χ3v) is 5.32. The van der Waals surface area contributed by atoms with E-state index in [1.54, 1.807) is 0 Å². The first kappa shape index (κ1) is 15.8. The summed E-state index contributed by atoms with van der Waals surface area (Å²) in [6.07, 6.45) is 4.70. The highest BCUT2D eigenvalue weighted by Gasteiger charge is 2.36. The first-order valence-corrected chi connectivity index (χ1v) is 8.96. The van der Waals surface area contributed by atoms with E-state index in [9.17, 15) is 4.39 Å². The Morgan fingerprint density at radius 2 is 1.88 bits per heavy atom. The minimum atomic E-state index is -0.221. The van der Waals surface area contributed by atoms with E-state index in [1.165, 1.54) is 18.6 Å². The van der Waals surface area contributed by atoms with Crippen LogP contribution in [-0.2, 0) is 0 Å². The van der Waals surface area contributed by atoms with Gasteiger partial charge in [0.05, 0.1) is 0 Å². The van der Waals surface area contributed by atoms with Gasteiger partial charge in [-0.05, 0) is 56.2 Å². The summed E-state index contributed by atoms with van der Waals surface area (Å²) in [6.45, 7) is 5.52.